The Hall–Kier alpha value is -2.16. The summed E-state index contributed by atoms with van der Waals surface area (Å²) in [6.45, 7) is 5.17. The van der Waals surface area contributed by atoms with Crippen molar-refractivity contribution in [2.24, 2.45) is 5.92 Å². The molecule has 0 bridgehead atoms. The maximum Gasteiger partial charge on any atom is 0.259 e. The zero-order chi connectivity index (χ0) is 14.1. The van der Waals surface area contributed by atoms with Crippen LogP contribution < -0.4 is 4.90 Å². The van der Waals surface area contributed by atoms with Crippen LogP contribution in [0.5, 0.6) is 0 Å². The van der Waals surface area contributed by atoms with Crippen LogP contribution in [0, 0.1) is 5.92 Å². The lowest BCUT2D eigenvalue weighted by molar-refractivity contribution is 0.0987. The Labute approximate surface area is 119 Å². The summed E-state index contributed by atoms with van der Waals surface area (Å²) in [7, 11) is 0. The van der Waals surface area contributed by atoms with Crippen molar-refractivity contribution in [1.82, 2.24) is 4.98 Å². The molecule has 20 heavy (non-hydrogen) atoms. The molecule has 2 aromatic rings. The molecule has 1 atom stereocenters. The molecule has 1 amide bonds. The number of aromatic nitrogens is 1. The highest BCUT2D eigenvalue weighted by Gasteiger charge is 2.33. The van der Waals surface area contributed by atoms with Gasteiger partial charge in [0.1, 0.15) is 0 Å². The fourth-order valence-electron chi connectivity index (χ4n) is 2.85. The summed E-state index contributed by atoms with van der Waals surface area (Å²) >= 11 is 0. The van der Waals surface area contributed by atoms with Gasteiger partial charge in [-0.2, -0.15) is 0 Å². The van der Waals surface area contributed by atoms with E-state index in [1.807, 2.05) is 29.2 Å². The normalized spacial score (nSPS) is 17.4. The maximum absolute atomic E-state index is 12.7. The molecule has 0 aliphatic carbocycles. The molecule has 3 heteroatoms. The van der Waals surface area contributed by atoms with Crippen LogP contribution in [-0.2, 0) is 0 Å². The molecule has 102 valence electrons. The van der Waals surface area contributed by atoms with E-state index >= 15 is 0 Å². The highest BCUT2D eigenvalue weighted by Crippen LogP contribution is 2.40. The number of fused-ring (bicyclic) bond motifs is 1. The first-order valence-electron chi connectivity index (χ1n) is 6.99. The Balaban J connectivity index is 1.98. The van der Waals surface area contributed by atoms with Gasteiger partial charge in [0.15, 0.2) is 0 Å². The van der Waals surface area contributed by atoms with Crippen molar-refractivity contribution >= 4 is 11.6 Å². The molecule has 0 fully saturated rings. The van der Waals surface area contributed by atoms with Crippen LogP contribution in [0.15, 0.2) is 48.8 Å². The molecule has 3 nitrogen and oxygen atoms in total. The first kappa shape index (κ1) is 12.9. The molecule has 0 saturated heterocycles. The molecule has 0 N–H and O–H groups in total. The zero-order valence-corrected chi connectivity index (χ0v) is 11.8. The van der Waals surface area contributed by atoms with Gasteiger partial charge in [0.2, 0.25) is 0 Å². The van der Waals surface area contributed by atoms with Crippen molar-refractivity contribution in [3.05, 3.63) is 59.9 Å². The van der Waals surface area contributed by atoms with Crippen molar-refractivity contribution in [3.8, 4) is 0 Å². The van der Waals surface area contributed by atoms with Gasteiger partial charge in [0, 0.05) is 30.5 Å². The van der Waals surface area contributed by atoms with Gasteiger partial charge in [-0.1, -0.05) is 32.0 Å². The third-order valence-electron chi connectivity index (χ3n) is 3.96. The van der Waals surface area contributed by atoms with Gasteiger partial charge in [0.05, 0.1) is 5.56 Å². The van der Waals surface area contributed by atoms with E-state index in [4.69, 9.17) is 0 Å². The first-order valence-corrected chi connectivity index (χ1v) is 6.99. The molecule has 2 heterocycles. The topological polar surface area (TPSA) is 33.2 Å². The molecule has 1 aromatic carbocycles. The lowest BCUT2D eigenvalue weighted by Crippen LogP contribution is -2.30. The summed E-state index contributed by atoms with van der Waals surface area (Å²) in [4.78, 5) is 18.6. The van der Waals surface area contributed by atoms with Crippen LogP contribution in [0.3, 0.4) is 0 Å². The summed E-state index contributed by atoms with van der Waals surface area (Å²) in [5.41, 5.74) is 2.96. The number of carbonyl (C=O) groups excluding carboxylic acids is 1. The predicted molar refractivity (Wildman–Crippen MR) is 79.9 cm³/mol. The average Bonchev–Trinajstić information content (AvgIpc) is 2.87. The minimum atomic E-state index is 0.0358. The number of para-hydroxylation sites is 1. The van der Waals surface area contributed by atoms with E-state index in [0.717, 1.165) is 12.2 Å². The van der Waals surface area contributed by atoms with Gasteiger partial charge in [0.25, 0.3) is 5.91 Å². The third-order valence-corrected chi connectivity index (χ3v) is 3.96. The van der Waals surface area contributed by atoms with Crippen molar-refractivity contribution < 1.29 is 4.79 Å². The SMILES string of the molecule is CC(C)C1CN(C(=O)c2cccnc2)c2ccccc21. The number of pyridine rings is 1. The summed E-state index contributed by atoms with van der Waals surface area (Å²) < 4.78 is 0. The zero-order valence-electron chi connectivity index (χ0n) is 11.8. The van der Waals surface area contributed by atoms with Gasteiger partial charge in [-0.25, -0.2) is 0 Å². The number of hydrogen-bond donors (Lipinski definition) is 0. The minimum Gasteiger partial charge on any atom is -0.307 e. The number of carbonyl (C=O) groups is 1. The second kappa shape index (κ2) is 5.08. The smallest absolute Gasteiger partial charge is 0.259 e. The lowest BCUT2D eigenvalue weighted by Gasteiger charge is -2.19. The summed E-state index contributed by atoms with van der Waals surface area (Å²) in [5, 5.41) is 0. The van der Waals surface area contributed by atoms with Crippen LogP contribution in [-0.4, -0.2) is 17.4 Å². The fraction of sp³-hybridized carbons (Fsp3) is 0.294. The molecular formula is C17H18N2O. The van der Waals surface area contributed by atoms with Crippen LogP contribution >= 0.6 is 0 Å². The third kappa shape index (κ3) is 2.09. The molecule has 0 radical (unpaired) electrons. The largest absolute Gasteiger partial charge is 0.307 e. The van der Waals surface area contributed by atoms with E-state index in [9.17, 15) is 4.79 Å². The van der Waals surface area contributed by atoms with Gasteiger partial charge < -0.3 is 4.90 Å². The Kier molecular flexibility index (Phi) is 3.26. The monoisotopic (exact) mass is 266 g/mol. The van der Waals surface area contributed by atoms with E-state index in [2.05, 4.69) is 24.9 Å². The average molecular weight is 266 g/mol. The Bertz CT molecular complexity index is 622. The summed E-state index contributed by atoms with van der Waals surface area (Å²) in [5.74, 6) is 0.961. The number of rotatable bonds is 2. The van der Waals surface area contributed by atoms with E-state index in [-0.39, 0.29) is 5.91 Å². The molecule has 1 unspecified atom stereocenters. The fourth-order valence-corrected chi connectivity index (χ4v) is 2.85. The highest BCUT2D eigenvalue weighted by atomic mass is 16.2. The number of amides is 1. The summed E-state index contributed by atoms with van der Waals surface area (Å²) in [6, 6.07) is 11.8. The molecule has 0 spiro atoms. The molecular weight excluding hydrogens is 248 g/mol. The minimum absolute atomic E-state index is 0.0358. The number of hydrogen-bond acceptors (Lipinski definition) is 2. The number of benzene rings is 1. The number of nitrogens with zero attached hydrogens (tertiary/aromatic N) is 2. The van der Waals surface area contributed by atoms with Gasteiger partial charge in [-0.05, 0) is 29.7 Å². The van der Waals surface area contributed by atoms with Crippen molar-refractivity contribution in [1.29, 1.82) is 0 Å². The van der Waals surface area contributed by atoms with Crippen LogP contribution in [0.2, 0.25) is 0 Å². The van der Waals surface area contributed by atoms with Gasteiger partial charge in [-0.3, -0.25) is 9.78 Å². The Morgan fingerprint density at radius 3 is 2.75 bits per heavy atom. The summed E-state index contributed by atoms with van der Waals surface area (Å²) in [6.07, 6.45) is 3.32. The Morgan fingerprint density at radius 1 is 1.25 bits per heavy atom. The van der Waals surface area contributed by atoms with Crippen molar-refractivity contribution in [2.45, 2.75) is 19.8 Å². The van der Waals surface area contributed by atoms with Crippen LogP contribution in [0.4, 0.5) is 5.69 Å². The predicted octanol–water partition coefficient (Wildman–Crippen LogP) is 3.48. The van der Waals surface area contributed by atoms with Crippen molar-refractivity contribution in [2.75, 3.05) is 11.4 Å². The molecule has 3 rings (SSSR count). The van der Waals surface area contributed by atoms with Crippen LogP contribution in [0.1, 0.15) is 35.7 Å². The van der Waals surface area contributed by atoms with Crippen molar-refractivity contribution in [3.63, 3.8) is 0 Å². The molecule has 0 saturated carbocycles. The quantitative estimate of drug-likeness (QED) is 0.833. The second-order valence-corrected chi connectivity index (χ2v) is 5.57. The second-order valence-electron chi connectivity index (χ2n) is 5.57. The number of anilines is 1. The molecule has 1 aromatic heterocycles. The standard InChI is InChI=1S/C17H18N2O/c1-12(2)15-11-19(16-8-4-3-7-14(15)16)17(20)13-6-5-9-18-10-13/h3-10,12,15H,11H2,1-2H3. The van der Waals surface area contributed by atoms with Crippen LogP contribution in [0.25, 0.3) is 0 Å². The maximum atomic E-state index is 12.7. The Morgan fingerprint density at radius 2 is 2.05 bits per heavy atom. The van der Waals surface area contributed by atoms with Gasteiger partial charge in [-0.15, -0.1) is 0 Å². The molecule has 1 aliphatic rings. The van der Waals surface area contributed by atoms with Gasteiger partial charge >= 0.3 is 0 Å². The van der Waals surface area contributed by atoms with E-state index in [1.54, 1.807) is 18.5 Å². The molecule has 1 aliphatic heterocycles. The lowest BCUT2D eigenvalue weighted by atomic mass is 9.90. The van der Waals surface area contributed by atoms with E-state index in [0.29, 0.717) is 17.4 Å². The highest BCUT2D eigenvalue weighted by molar-refractivity contribution is 6.07. The first-order chi connectivity index (χ1) is 9.68. The van der Waals surface area contributed by atoms with E-state index < -0.39 is 0 Å². The van der Waals surface area contributed by atoms with E-state index in [1.165, 1.54) is 5.56 Å².